The van der Waals surface area contributed by atoms with Crippen molar-refractivity contribution in [2.24, 2.45) is 0 Å². The highest BCUT2D eigenvalue weighted by atomic mass is 16.4. The third-order valence-corrected chi connectivity index (χ3v) is 3.33. The minimum Gasteiger partial charge on any atom is -0.441 e. The van der Waals surface area contributed by atoms with E-state index in [1.165, 1.54) is 6.20 Å². The van der Waals surface area contributed by atoms with Crippen LogP contribution in [0, 0.1) is 20.8 Å². The van der Waals surface area contributed by atoms with E-state index < -0.39 is 0 Å². The van der Waals surface area contributed by atoms with Crippen LogP contribution in [0.5, 0.6) is 0 Å². The SMILES string of the molecule is Cc1ncc(C(=O)Nc2cccc(-c3ncc(C)o3)c2)c(C)n1. The fourth-order valence-electron chi connectivity index (χ4n) is 2.22. The van der Waals surface area contributed by atoms with Crippen molar-refractivity contribution in [2.75, 3.05) is 5.32 Å². The number of carbonyl (C=O) groups is 1. The van der Waals surface area contributed by atoms with Crippen molar-refractivity contribution in [3.8, 4) is 11.5 Å². The molecule has 2 aromatic heterocycles. The lowest BCUT2D eigenvalue weighted by atomic mass is 10.2. The van der Waals surface area contributed by atoms with Crippen LogP contribution in [0.2, 0.25) is 0 Å². The first-order valence-electron chi connectivity index (χ1n) is 7.17. The van der Waals surface area contributed by atoms with Gasteiger partial charge in [-0.25, -0.2) is 15.0 Å². The number of aryl methyl sites for hydroxylation is 3. The molecule has 3 aromatic rings. The number of rotatable bonds is 3. The van der Waals surface area contributed by atoms with E-state index in [1.807, 2.05) is 31.2 Å². The summed E-state index contributed by atoms with van der Waals surface area (Å²) in [4.78, 5) is 24.8. The number of nitrogens with one attached hydrogen (secondary N) is 1. The first kappa shape index (κ1) is 14.9. The minimum atomic E-state index is -0.247. The monoisotopic (exact) mass is 308 g/mol. The van der Waals surface area contributed by atoms with Crippen molar-refractivity contribution in [1.29, 1.82) is 0 Å². The molecule has 0 aliphatic heterocycles. The first-order chi connectivity index (χ1) is 11.0. The summed E-state index contributed by atoms with van der Waals surface area (Å²) in [5.74, 6) is 1.65. The Kier molecular flexibility index (Phi) is 3.89. The highest BCUT2D eigenvalue weighted by Gasteiger charge is 2.12. The van der Waals surface area contributed by atoms with Gasteiger partial charge in [0.2, 0.25) is 5.89 Å². The Labute approximate surface area is 133 Å². The van der Waals surface area contributed by atoms with Crippen LogP contribution in [0.1, 0.15) is 27.6 Å². The number of amides is 1. The molecule has 0 saturated heterocycles. The normalized spacial score (nSPS) is 10.6. The lowest BCUT2D eigenvalue weighted by molar-refractivity contribution is 0.102. The maximum Gasteiger partial charge on any atom is 0.259 e. The molecular formula is C17H16N4O2. The summed E-state index contributed by atoms with van der Waals surface area (Å²) in [6.07, 6.45) is 3.20. The van der Waals surface area contributed by atoms with Gasteiger partial charge in [-0.3, -0.25) is 4.79 Å². The third kappa shape index (κ3) is 3.26. The maximum atomic E-state index is 12.4. The summed E-state index contributed by atoms with van der Waals surface area (Å²) in [6.45, 7) is 5.41. The fraction of sp³-hybridized carbons (Fsp3) is 0.176. The topological polar surface area (TPSA) is 80.9 Å². The van der Waals surface area contributed by atoms with Crippen LogP contribution in [0.25, 0.3) is 11.5 Å². The largest absolute Gasteiger partial charge is 0.441 e. The van der Waals surface area contributed by atoms with Crippen molar-refractivity contribution in [1.82, 2.24) is 15.0 Å². The predicted molar refractivity (Wildman–Crippen MR) is 86.1 cm³/mol. The van der Waals surface area contributed by atoms with Crippen LogP contribution in [-0.4, -0.2) is 20.9 Å². The van der Waals surface area contributed by atoms with E-state index in [9.17, 15) is 4.79 Å². The molecular weight excluding hydrogens is 292 g/mol. The molecule has 0 unspecified atom stereocenters. The molecule has 6 heteroatoms. The van der Waals surface area contributed by atoms with Gasteiger partial charge in [0, 0.05) is 17.4 Å². The molecule has 0 fully saturated rings. The van der Waals surface area contributed by atoms with Crippen LogP contribution in [-0.2, 0) is 0 Å². The summed E-state index contributed by atoms with van der Waals surface area (Å²) in [5.41, 5.74) is 2.55. The van der Waals surface area contributed by atoms with Gasteiger partial charge in [0.15, 0.2) is 0 Å². The zero-order valence-electron chi connectivity index (χ0n) is 13.1. The molecule has 1 N–H and O–H groups in total. The Bertz CT molecular complexity index is 871. The van der Waals surface area contributed by atoms with Crippen LogP contribution in [0.15, 0.2) is 41.1 Å². The molecule has 0 aliphatic rings. The van der Waals surface area contributed by atoms with Gasteiger partial charge in [-0.1, -0.05) is 6.07 Å². The standard InChI is InChI=1S/C17H16N4O2/c1-10-8-19-17(23-10)13-5-4-6-14(7-13)21-16(22)15-9-18-12(3)20-11(15)2/h4-9H,1-3H3,(H,21,22). The number of nitrogens with zero attached hydrogens (tertiary/aromatic N) is 3. The Morgan fingerprint density at radius 3 is 2.65 bits per heavy atom. The van der Waals surface area contributed by atoms with E-state index in [0.29, 0.717) is 28.7 Å². The first-order valence-corrected chi connectivity index (χ1v) is 7.17. The van der Waals surface area contributed by atoms with E-state index in [-0.39, 0.29) is 5.91 Å². The maximum absolute atomic E-state index is 12.4. The van der Waals surface area contributed by atoms with Gasteiger partial charge in [0.25, 0.3) is 5.91 Å². The van der Waals surface area contributed by atoms with E-state index in [0.717, 1.165) is 11.3 Å². The Morgan fingerprint density at radius 1 is 1.13 bits per heavy atom. The lowest BCUT2D eigenvalue weighted by Crippen LogP contribution is -2.15. The van der Waals surface area contributed by atoms with Crippen molar-refractivity contribution < 1.29 is 9.21 Å². The van der Waals surface area contributed by atoms with Gasteiger partial charge >= 0.3 is 0 Å². The van der Waals surface area contributed by atoms with E-state index in [2.05, 4.69) is 20.3 Å². The molecule has 2 heterocycles. The highest BCUT2D eigenvalue weighted by molar-refractivity contribution is 6.05. The lowest BCUT2D eigenvalue weighted by Gasteiger charge is -2.08. The molecule has 0 saturated carbocycles. The molecule has 23 heavy (non-hydrogen) atoms. The number of carbonyl (C=O) groups excluding carboxylic acids is 1. The summed E-state index contributed by atoms with van der Waals surface area (Å²) < 4.78 is 5.50. The smallest absolute Gasteiger partial charge is 0.259 e. The van der Waals surface area contributed by atoms with E-state index >= 15 is 0 Å². The van der Waals surface area contributed by atoms with Crippen molar-refractivity contribution in [2.45, 2.75) is 20.8 Å². The number of benzene rings is 1. The van der Waals surface area contributed by atoms with Crippen molar-refractivity contribution >= 4 is 11.6 Å². The number of oxazole rings is 1. The highest BCUT2D eigenvalue weighted by Crippen LogP contribution is 2.22. The molecule has 116 valence electrons. The van der Waals surface area contributed by atoms with Crippen LogP contribution in [0.4, 0.5) is 5.69 Å². The van der Waals surface area contributed by atoms with Crippen LogP contribution in [0.3, 0.4) is 0 Å². The van der Waals surface area contributed by atoms with Crippen LogP contribution >= 0.6 is 0 Å². The summed E-state index contributed by atoms with van der Waals surface area (Å²) in [7, 11) is 0. The average Bonchev–Trinajstić information content (AvgIpc) is 2.94. The molecule has 1 aromatic carbocycles. The quantitative estimate of drug-likeness (QED) is 0.803. The second-order valence-electron chi connectivity index (χ2n) is 5.23. The number of hydrogen-bond acceptors (Lipinski definition) is 5. The molecule has 1 amide bonds. The Morgan fingerprint density at radius 2 is 1.96 bits per heavy atom. The molecule has 6 nitrogen and oxygen atoms in total. The Balaban J connectivity index is 1.84. The van der Waals surface area contributed by atoms with Crippen molar-refractivity contribution in [3.05, 3.63) is 59.5 Å². The van der Waals surface area contributed by atoms with Gasteiger partial charge in [0.05, 0.1) is 17.5 Å². The molecule has 0 aliphatic carbocycles. The third-order valence-electron chi connectivity index (χ3n) is 3.33. The van der Waals surface area contributed by atoms with Gasteiger partial charge in [-0.2, -0.15) is 0 Å². The van der Waals surface area contributed by atoms with Gasteiger partial charge in [-0.05, 0) is 39.0 Å². The number of aromatic nitrogens is 3. The number of hydrogen-bond donors (Lipinski definition) is 1. The summed E-state index contributed by atoms with van der Waals surface area (Å²) >= 11 is 0. The molecule has 0 radical (unpaired) electrons. The summed E-state index contributed by atoms with van der Waals surface area (Å²) in [6, 6.07) is 7.33. The summed E-state index contributed by atoms with van der Waals surface area (Å²) in [5, 5.41) is 2.85. The second-order valence-corrected chi connectivity index (χ2v) is 5.23. The van der Waals surface area contributed by atoms with Crippen LogP contribution < -0.4 is 5.32 Å². The second kappa shape index (κ2) is 6.00. The van der Waals surface area contributed by atoms with Gasteiger partial charge < -0.3 is 9.73 Å². The Hall–Kier alpha value is -3.02. The van der Waals surface area contributed by atoms with E-state index in [1.54, 1.807) is 20.0 Å². The minimum absolute atomic E-state index is 0.247. The zero-order chi connectivity index (χ0) is 16.4. The predicted octanol–water partition coefficient (Wildman–Crippen LogP) is 3.31. The zero-order valence-corrected chi connectivity index (χ0v) is 13.1. The molecule has 0 atom stereocenters. The average molecular weight is 308 g/mol. The number of anilines is 1. The fourth-order valence-corrected chi connectivity index (χ4v) is 2.22. The molecule has 0 spiro atoms. The van der Waals surface area contributed by atoms with Crippen molar-refractivity contribution in [3.63, 3.8) is 0 Å². The van der Waals surface area contributed by atoms with E-state index in [4.69, 9.17) is 4.42 Å². The van der Waals surface area contributed by atoms with Gasteiger partial charge in [-0.15, -0.1) is 0 Å². The molecule has 3 rings (SSSR count). The van der Waals surface area contributed by atoms with Gasteiger partial charge in [0.1, 0.15) is 11.6 Å². The molecule has 0 bridgehead atoms.